The second-order valence-corrected chi connectivity index (χ2v) is 7.50. The van der Waals surface area contributed by atoms with Gasteiger partial charge in [-0.15, -0.1) is 12.4 Å². The fraction of sp³-hybridized carbons (Fsp3) is 0.565. The molecule has 0 unspecified atom stereocenters. The Morgan fingerprint density at radius 2 is 1.67 bits per heavy atom. The SMILES string of the molecule is CCCCCCCCCCNc1c2c(nc3ccccc13)CCCC2=O.Cl. The lowest BCUT2D eigenvalue weighted by Gasteiger charge is -2.20. The van der Waals surface area contributed by atoms with Gasteiger partial charge in [0.2, 0.25) is 0 Å². The lowest BCUT2D eigenvalue weighted by atomic mass is 9.91. The summed E-state index contributed by atoms with van der Waals surface area (Å²) in [5.41, 5.74) is 3.87. The Morgan fingerprint density at radius 3 is 2.44 bits per heavy atom. The van der Waals surface area contributed by atoms with Gasteiger partial charge in [0.25, 0.3) is 0 Å². The van der Waals surface area contributed by atoms with Crippen molar-refractivity contribution in [1.82, 2.24) is 4.98 Å². The van der Waals surface area contributed by atoms with Crippen LogP contribution in [0.4, 0.5) is 5.69 Å². The number of para-hydroxylation sites is 1. The number of hydrogen-bond acceptors (Lipinski definition) is 3. The summed E-state index contributed by atoms with van der Waals surface area (Å²) >= 11 is 0. The highest BCUT2D eigenvalue weighted by atomic mass is 35.5. The number of anilines is 1. The molecule has 2 aromatic rings. The normalized spacial score (nSPS) is 13.3. The zero-order valence-electron chi connectivity index (χ0n) is 16.6. The van der Waals surface area contributed by atoms with E-state index in [1.165, 1.54) is 44.9 Å². The second kappa shape index (κ2) is 11.3. The maximum Gasteiger partial charge on any atom is 0.166 e. The molecule has 1 aromatic carbocycles. The molecule has 0 amide bonds. The van der Waals surface area contributed by atoms with Crippen LogP contribution in [0.5, 0.6) is 0 Å². The molecule has 0 spiro atoms. The first-order chi connectivity index (χ1) is 12.8. The van der Waals surface area contributed by atoms with Gasteiger partial charge < -0.3 is 5.32 Å². The van der Waals surface area contributed by atoms with E-state index in [0.717, 1.165) is 53.7 Å². The van der Waals surface area contributed by atoms with Crippen LogP contribution < -0.4 is 5.32 Å². The number of fused-ring (bicyclic) bond motifs is 2. The Kier molecular flexibility index (Phi) is 9.06. The minimum Gasteiger partial charge on any atom is -0.384 e. The molecule has 1 heterocycles. The maximum atomic E-state index is 12.5. The second-order valence-electron chi connectivity index (χ2n) is 7.50. The molecule has 1 aliphatic carbocycles. The number of halogens is 1. The standard InChI is InChI=1S/C23H32N2O.ClH/c1-2-3-4-5-6-7-8-11-17-24-23-18-13-9-10-14-19(18)25-20-15-12-16-21(26)22(20)23;/h9-10,13-14H,2-8,11-12,15-17H2,1H3,(H,24,25);1H. The molecule has 3 nitrogen and oxygen atoms in total. The van der Waals surface area contributed by atoms with E-state index in [1.807, 2.05) is 12.1 Å². The minimum atomic E-state index is 0. The molecule has 1 N–H and O–H groups in total. The average molecular weight is 389 g/mol. The van der Waals surface area contributed by atoms with Gasteiger partial charge in [0.1, 0.15) is 0 Å². The number of nitrogens with one attached hydrogen (secondary N) is 1. The predicted molar refractivity (Wildman–Crippen MR) is 117 cm³/mol. The molecule has 1 aliphatic rings. The molecule has 0 aliphatic heterocycles. The van der Waals surface area contributed by atoms with Crippen molar-refractivity contribution in [3.63, 3.8) is 0 Å². The zero-order valence-corrected chi connectivity index (χ0v) is 17.4. The van der Waals surface area contributed by atoms with Crippen molar-refractivity contribution in [2.75, 3.05) is 11.9 Å². The summed E-state index contributed by atoms with van der Waals surface area (Å²) < 4.78 is 0. The summed E-state index contributed by atoms with van der Waals surface area (Å²) in [5.74, 6) is 0.253. The van der Waals surface area contributed by atoms with Crippen molar-refractivity contribution in [3.05, 3.63) is 35.5 Å². The first kappa shape index (κ1) is 21.7. The van der Waals surface area contributed by atoms with Crippen LogP contribution in [0.3, 0.4) is 0 Å². The highest BCUT2D eigenvalue weighted by Gasteiger charge is 2.24. The summed E-state index contributed by atoms with van der Waals surface area (Å²) in [6, 6.07) is 8.19. The molecule has 0 bridgehead atoms. The number of Topliss-reactive ketones (excluding diaryl/α,β-unsaturated/α-hetero) is 1. The largest absolute Gasteiger partial charge is 0.384 e. The van der Waals surface area contributed by atoms with E-state index >= 15 is 0 Å². The third kappa shape index (κ3) is 5.68. The van der Waals surface area contributed by atoms with Crippen LogP contribution in [0, 0.1) is 0 Å². The molecule has 0 atom stereocenters. The van der Waals surface area contributed by atoms with Crippen LogP contribution in [0.25, 0.3) is 10.9 Å². The molecule has 27 heavy (non-hydrogen) atoms. The Labute approximate surface area is 169 Å². The summed E-state index contributed by atoms with van der Waals surface area (Å²) in [7, 11) is 0. The van der Waals surface area contributed by atoms with Gasteiger partial charge in [0.05, 0.1) is 22.5 Å². The van der Waals surface area contributed by atoms with Crippen LogP contribution in [0.15, 0.2) is 24.3 Å². The van der Waals surface area contributed by atoms with Crippen LogP contribution in [-0.4, -0.2) is 17.3 Å². The van der Waals surface area contributed by atoms with E-state index in [0.29, 0.717) is 6.42 Å². The van der Waals surface area contributed by atoms with Crippen LogP contribution in [0.1, 0.15) is 87.2 Å². The van der Waals surface area contributed by atoms with Crippen molar-refractivity contribution < 1.29 is 4.79 Å². The summed E-state index contributed by atoms with van der Waals surface area (Å²) in [6.07, 6.45) is 13.0. The first-order valence-electron chi connectivity index (χ1n) is 10.5. The van der Waals surface area contributed by atoms with Crippen LogP contribution in [0.2, 0.25) is 0 Å². The number of aryl methyl sites for hydroxylation is 1. The van der Waals surface area contributed by atoms with Crippen molar-refractivity contribution in [2.45, 2.75) is 77.6 Å². The lowest BCUT2D eigenvalue weighted by molar-refractivity contribution is 0.0972. The molecule has 4 heteroatoms. The molecule has 3 rings (SSSR count). The number of nitrogens with zero attached hydrogens (tertiary/aromatic N) is 1. The smallest absolute Gasteiger partial charge is 0.166 e. The van der Waals surface area contributed by atoms with E-state index in [2.05, 4.69) is 24.4 Å². The van der Waals surface area contributed by atoms with E-state index in [9.17, 15) is 4.79 Å². The van der Waals surface area contributed by atoms with E-state index < -0.39 is 0 Å². The van der Waals surface area contributed by atoms with E-state index in [1.54, 1.807) is 0 Å². The molecule has 0 fully saturated rings. The van der Waals surface area contributed by atoms with Crippen LogP contribution in [-0.2, 0) is 6.42 Å². The highest BCUT2D eigenvalue weighted by molar-refractivity contribution is 6.09. The Morgan fingerprint density at radius 1 is 0.963 bits per heavy atom. The lowest BCUT2D eigenvalue weighted by Crippen LogP contribution is -2.17. The zero-order chi connectivity index (χ0) is 18.2. The van der Waals surface area contributed by atoms with Crippen molar-refractivity contribution in [1.29, 1.82) is 0 Å². The number of pyridine rings is 1. The quantitative estimate of drug-likeness (QED) is 0.459. The third-order valence-corrected chi connectivity index (χ3v) is 5.40. The number of rotatable bonds is 10. The molecule has 0 radical (unpaired) electrons. The number of hydrogen-bond donors (Lipinski definition) is 1. The number of benzene rings is 1. The Balaban J connectivity index is 0.00000261. The van der Waals surface area contributed by atoms with Gasteiger partial charge in [0.15, 0.2) is 5.78 Å². The van der Waals surface area contributed by atoms with Crippen molar-refractivity contribution in [3.8, 4) is 0 Å². The summed E-state index contributed by atoms with van der Waals surface area (Å²) in [5, 5.41) is 4.68. The topological polar surface area (TPSA) is 42.0 Å². The first-order valence-corrected chi connectivity index (χ1v) is 10.5. The van der Waals surface area contributed by atoms with Gasteiger partial charge in [0, 0.05) is 18.4 Å². The van der Waals surface area contributed by atoms with E-state index in [-0.39, 0.29) is 18.2 Å². The fourth-order valence-corrected chi connectivity index (χ4v) is 3.94. The molecule has 0 saturated carbocycles. The average Bonchev–Trinajstić information content (AvgIpc) is 2.66. The third-order valence-electron chi connectivity index (χ3n) is 5.40. The fourth-order valence-electron chi connectivity index (χ4n) is 3.94. The van der Waals surface area contributed by atoms with Crippen LogP contribution >= 0.6 is 12.4 Å². The summed E-state index contributed by atoms with van der Waals surface area (Å²) in [6.45, 7) is 3.20. The number of ketones is 1. The highest BCUT2D eigenvalue weighted by Crippen LogP contribution is 2.33. The maximum absolute atomic E-state index is 12.5. The summed E-state index contributed by atoms with van der Waals surface area (Å²) in [4.78, 5) is 17.3. The van der Waals surface area contributed by atoms with Crippen molar-refractivity contribution >= 4 is 34.8 Å². The number of carbonyl (C=O) groups excluding carboxylic acids is 1. The van der Waals surface area contributed by atoms with Gasteiger partial charge in [-0.25, -0.2) is 0 Å². The predicted octanol–water partition coefficient (Wildman–Crippen LogP) is 6.73. The molecular formula is C23H33ClN2O. The van der Waals surface area contributed by atoms with Gasteiger partial charge in [-0.3, -0.25) is 9.78 Å². The number of unbranched alkanes of at least 4 members (excludes halogenated alkanes) is 7. The van der Waals surface area contributed by atoms with Crippen molar-refractivity contribution in [2.24, 2.45) is 0 Å². The van der Waals surface area contributed by atoms with Gasteiger partial charge in [-0.1, -0.05) is 70.1 Å². The molecule has 0 saturated heterocycles. The van der Waals surface area contributed by atoms with Gasteiger partial charge in [-0.2, -0.15) is 0 Å². The van der Waals surface area contributed by atoms with Gasteiger partial charge >= 0.3 is 0 Å². The Hall–Kier alpha value is -1.61. The molecule has 1 aromatic heterocycles. The number of aromatic nitrogens is 1. The minimum absolute atomic E-state index is 0. The van der Waals surface area contributed by atoms with Gasteiger partial charge in [-0.05, 0) is 25.3 Å². The Bertz CT molecular complexity index is 744. The molecular weight excluding hydrogens is 356 g/mol. The van der Waals surface area contributed by atoms with E-state index in [4.69, 9.17) is 4.98 Å². The molecule has 148 valence electrons. The monoisotopic (exact) mass is 388 g/mol. The number of carbonyl (C=O) groups is 1.